The fraction of sp³-hybridized carbons (Fsp3) is 0.348. The van der Waals surface area contributed by atoms with Gasteiger partial charge in [0.05, 0.1) is 5.54 Å². The maximum absolute atomic E-state index is 13.1. The molecule has 28 heavy (non-hydrogen) atoms. The number of hydrogen-bond acceptors (Lipinski definition) is 5. The molecule has 2 aromatic carbocycles. The van der Waals surface area contributed by atoms with Gasteiger partial charge in [0, 0.05) is 42.9 Å². The zero-order valence-electron chi connectivity index (χ0n) is 16.6. The molecule has 1 aliphatic rings. The molecule has 0 unspecified atom stereocenters. The summed E-state index contributed by atoms with van der Waals surface area (Å²) in [6, 6.07) is 14.9. The van der Waals surface area contributed by atoms with Gasteiger partial charge in [0.15, 0.2) is 5.78 Å². The number of rotatable bonds is 6. The summed E-state index contributed by atoms with van der Waals surface area (Å²) in [7, 11) is 2.08. The van der Waals surface area contributed by atoms with Crippen LogP contribution in [-0.4, -0.2) is 65.9 Å². The lowest BCUT2D eigenvalue weighted by Gasteiger charge is -2.42. The average Bonchev–Trinajstić information content (AvgIpc) is 2.73. The third-order valence-electron chi connectivity index (χ3n) is 5.50. The second-order valence-electron chi connectivity index (χ2n) is 7.78. The second kappa shape index (κ2) is 8.17. The molecule has 0 N–H and O–H groups in total. The molecular weight excluding hydrogens is 352 g/mol. The first-order chi connectivity index (χ1) is 13.3. The molecule has 2 aromatic rings. The molecule has 5 heteroatoms. The first-order valence-electron chi connectivity index (χ1n) is 9.53. The van der Waals surface area contributed by atoms with Crippen molar-refractivity contribution in [2.75, 3.05) is 33.2 Å². The van der Waals surface area contributed by atoms with Gasteiger partial charge in [-0.15, -0.1) is 0 Å². The van der Waals surface area contributed by atoms with Crippen LogP contribution in [0.2, 0.25) is 0 Å². The maximum atomic E-state index is 13.1. The van der Waals surface area contributed by atoms with Crippen LogP contribution in [0.25, 0.3) is 0 Å². The summed E-state index contributed by atoms with van der Waals surface area (Å²) in [6.45, 7) is 7.45. The van der Waals surface area contributed by atoms with Crippen LogP contribution in [0, 0.1) is 0 Å². The summed E-state index contributed by atoms with van der Waals surface area (Å²) >= 11 is 0. The van der Waals surface area contributed by atoms with Crippen molar-refractivity contribution in [3.8, 4) is 0 Å². The van der Waals surface area contributed by atoms with Crippen LogP contribution in [0.3, 0.4) is 0 Å². The summed E-state index contributed by atoms with van der Waals surface area (Å²) in [5.41, 5.74) is 0.589. The Balaban J connectivity index is 1.74. The van der Waals surface area contributed by atoms with Crippen molar-refractivity contribution in [1.82, 2.24) is 9.80 Å². The van der Waals surface area contributed by atoms with Crippen LogP contribution >= 0.6 is 0 Å². The van der Waals surface area contributed by atoms with E-state index in [0.717, 1.165) is 26.2 Å². The second-order valence-corrected chi connectivity index (χ2v) is 7.78. The van der Waals surface area contributed by atoms with E-state index in [1.807, 2.05) is 13.8 Å². The lowest BCUT2D eigenvalue weighted by molar-refractivity contribution is 0.0463. The van der Waals surface area contributed by atoms with Crippen LogP contribution < -0.4 is 0 Å². The van der Waals surface area contributed by atoms with E-state index < -0.39 is 17.1 Å². The van der Waals surface area contributed by atoms with Gasteiger partial charge < -0.3 is 4.90 Å². The van der Waals surface area contributed by atoms with Gasteiger partial charge in [0.2, 0.25) is 11.6 Å². The van der Waals surface area contributed by atoms with Crippen molar-refractivity contribution in [3.63, 3.8) is 0 Å². The van der Waals surface area contributed by atoms with Crippen LogP contribution in [0.5, 0.6) is 0 Å². The number of nitrogens with zero attached hydrogens (tertiary/aromatic N) is 2. The van der Waals surface area contributed by atoms with Gasteiger partial charge in [0.1, 0.15) is 0 Å². The Hall–Kier alpha value is -2.63. The van der Waals surface area contributed by atoms with Crippen molar-refractivity contribution in [2.45, 2.75) is 19.4 Å². The molecule has 0 radical (unpaired) electrons. The fourth-order valence-electron chi connectivity index (χ4n) is 3.49. The van der Waals surface area contributed by atoms with Gasteiger partial charge in [-0.25, -0.2) is 0 Å². The van der Waals surface area contributed by atoms with Gasteiger partial charge in [-0.2, -0.15) is 0 Å². The minimum absolute atomic E-state index is 0.0189. The molecule has 3 rings (SSSR count). The normalized spacial score (nSPS) is 16.0. The minimum Gasteiger partial charge on any atom is -0.304 e. The summed E-state index contributed by atoms with van der Waals surface area (Å²) < 4.78 is 0. The molecule has 1 heterocycles. The van der Waals surface area contributed by atoms with Crippen LogP contribution in [0.15, 0.2) is 54.6 Å². The van der Waals surface area contributed by atoms with E-state index in [2.05, 4.69) is 16.8 Å². The summed E-state index contributed by atoms with van der Waals surface area (Å²) in [5.74, 6) is -1.09. The molecule has 1 fully saturated rings. The molecule has 5 nitrogen and oxygen atoms in total. The van der Waals surface area contributed by atoms with E-state index in [1.165, 1.54) is 0 Å². The van der Waals surface area contributed by atoms with Gasteiger partial charge in [-0.3, -0.25) is 19.3 Å². The molecule has 1 aliphatic heterocycles. The number of Topliss-reactive ketones (excluding diaryl/α,β-unsaturated/α-hetero) is 3. The number of carbonyl (C=O) groups excluding carboxylic acids is 3. The van der Waals surface area contributed by atoms with Crippen molar-refractivity contribution in [1.29, 1.82) is 0 Å². The monoisotopic (exact) mass is 378 g/mol. The van der Waals surface area contributed by atoms with Gasteiger partial charge in [0.25, 0.3) is 0 Å². The highest BCUT2D eigenvalue weighted by Gasteiger charge is 2.36. The SMILES string of the molecule is CN1CCN(C(C)(C)C(=O)c2ccc(C(=O)C(=O)c3ccccc3)cc2)CC1. The number of piperazine rings is 1. The topological polar surface area (TPSA) is 57.7 Å². The molecule has 0 aromatic heterocycles. The van der Waals surface area contributed by atoms with E-state index in [9.17, 15) is 14.4 Å². The Morgan fingerprint density at radius 2 is 1.18 bits per heavy atom. The lowest BCUT2D eigenvalue weighted by Crippen LogP contribution is -2.57. The summed E-state index contributed by atoms with van der Waals surface area (Å²) in [5, 5.41) is 0. The molecule has 1 saturated heterocycles. The Morgan fingerprint density at radius 1 is 0.714 bits per heavy atom. The van der Waals surface area contributed by atoms with Gasteiger partial charge >= 0.3 is 0 Å². The molecule has 0 spiro atoms. The summed E-state index contributed by atoms with van der Waals surface area (Å²) in [6.07, 6.45) is 0. The highest BCUT2D eigenvalue weighted by atomic mass is 16.2. The van der Waals surface area contributed by atoms with E-state index in [0.29, 0.717) is 16.7 Å². The van der Waals surface area contributed by atoms with Crippen LogP contribution in [0.1, 0.15) is 44.9 Å². The minimum atomic E-state index is -0.618. The lowest BCUT2D eigenvalue weighted by atomic mass is 9.89. The first kappa shape index (κ1) is 20.1. The van der Waals surface area contributed by atoms with Crippen molar-refractivity contribution < 1.29 is 14.4 Å². The predicted octanol–water partition coefficient (Wildman–Crippen LogP) is 2.96. The van der Waals surface area contributed by atoms with E-state index in [1.54, 1.807) is 54.6 Å². The zero-order valence-corrected chi connectivity index (χ0v) is 16.6. The molecule has 146 valence electrons. The first-order valence-corrected chi connectivity index (χ1v) is 9.53. The third-order valence-corrected chi connectivity index (χ3v) is 5.50. The average molecular weight is 378 g/mol. The third kappa shape index (κ3) is 4.11. The van der Waals surface area contributed by atoms with E-state index >= 15 is 0 Å². The Bertz CT molecular complexity index is 864. The molecule has 0 bridgehead atoms. The molecule has 0 aliphatic carbocycles. The van der Waals surface area contributed by atoms with Gasteiger partial charge in [-0.05, 0) is 20.9 Å². The smallest absolute Gasteiger partial charge is 0.233 e. The number of likely N-dealkylation sites (N-methyl/N-ethyl adjacent to an activating group) is 1. The van der Waals surface area contributed by atoms with Crippen molar-refractivity contribution in [3.05, 3.63) is 71.3 Å². The summed E-state index contributed by atoms with van der Waals surface area (Å²) in [4.78, 5) is 42.3. The van der Waals surface area contributed by atoms with Crippen molar-refractivity contribution in [2.24, 2.45) is 0 Å². The van der Waals surface area contributed by atoms with Gasteiger partial charge in [-0.1, -0.05) is 54.6 Å². The maximum Gasteiger partial charge on any atom is 0.233 e. The highest BCUT2D eigenvalue weighted by molar-refractivity contribution is 6.49. The number of ketones is 3. The standard InChI is InChI=1S/C23H26N2O3/c1-23(2,25-15-13-24(3)14-16-25)22(28)19-11-9-18(10-12-19)21(27)20(26)17-7-5-4-6-8-17/h4-12H,13-16H2,1-3H3. The zero-order chi connectivity index (χ0) is 20.3. The number of carbonyl (C=O) groups is 3. The van der Waals surface area contributed by atoms with E-state index in [-0.39, 0.29) is 5.78 Å². The molecule has 0 atom stereocenters. The van der Waals surface area contributed by atoms with E-state index in [4.69, 9.17) is 0 Å². The molecular formula is C23H26N2O3. The molecule has 0 saturated carbocycles. The Labute approximate surface area is 166 Å². The highest BCUT2D eigenvalue weighted by Crippen LogP contribution is 2.22. The number of benzene rings is 2. The van der Waals surface area contributed by atoms with Crippen LogP contribution in [0.4, 0.5) is 0 Å². The van der Waals surface area contributed by atoms with Crippen LogP contribution in [-0.2, 0) is 0 Å². The predicted molar refractivity (Wildman–Crippen MR) is 109 cm³/mol. The quantitative estimate of drug-likeness (QED) is 0.571. The fourth-order valence-corrected chi connectivity index (χ4v) is 3.49. The van der Waals surface area contributed by atoms with Crippen molar-refractivity contribution >= 4 is 17.3 Å². The number of hydrogen-bond donors (Lipinski definition) is 0. The molecule has 0 amide bonds. The Kier molecular flexibility index (Phi) is 5.87. The Morgan fingerprint density at radius 3 is 1.71 bits per heavy atom. The largest absolute Gasteiger partial charge is 0.304 e.